The summed E-state index contributed by atoms with van der Waals surface area (Å²) >= 11 is 0. The summed E-state index contributed by atoms with van der Waals surface area (Å²) in [5.74, 6) is 0. The lowest BCUT2D eigenvalue weighted by Crippen LogP contribution is -2.31. The standard InChI is InChI=1S/C22H24N.C21H22N.C20H20N/c1-15-13-22(23(5)14-18(15)4)21-12-16(2)20(11-17(21)3)19-9-7-6-8-10-19;1-15-10-11-21(22(4)14-15)20-13-16(2)19(12-17(20)3)18-8-6-5-7-9-18;1-15-14-19(20-11-7-8-12-21(20)3)16(2)13-18(15)17-9-5-4-6-10-17/h6-14H,1-5H3;5-14H,1-4H3;4-14H,1-3H3/q3*+1. The second-order valence-electron chi connectivity index (χ2n) is 18.1. The van der Waals surface area contributed by atoms with Gasteiger partial charge in [-0.25, -0.2) is 13.7 Å². The first kappa shape index (κ1) is 46.8. The van der Waals surface area contributed by atoms with Gasteiger partial charge < -0.3 is 0 Å². The van der Waals surface area contributed by atoms with Gasteiger partial charge in [0.25, 0.3) is 0 Å². The maximum Gasteiger partial charge on any atom is 0.212 e. The Morgan fingerprint density at radius 3 is 1.02 bits per heavy atom. The Labute approximate surface area is 395 Å². The van der Waals surface area contributed by atoms with Crippen LogP contribution in [-0.2, 0) is 21.1 Å². The minimum Gasteiger partial charge on any atom is -0.201 e. The molecule has 0 aliphatic heterocycles. The van der Waals surface area contributed by atoms with E-state index in [2.05, 4.69) is 280 Å². The second kappa shape index (κ2) is 20.7. The third kappa shape index (κ3) is 10.6. The van der Waals surface area contributed by atoms with Crippen molar-refractivity contribution in [2.75, 3.05) is 0 Å². The van der Waals surface area contributed by atoms with Crippen LogP contribution in [0.4, 0.5) is 0 Å². The smallest absolute Gasteiger partial charge is 0.201 e. The molecule has 0 bridgehead atoms. The first-order valence-electron chi connectivity index (χ1n) is 23.1. The number of nitrogens with zero attached hydrogens (tertiary/aromatic N) is 3. The Kier molecular flexibility index (Phi) is 14.7. The van der Waals surface area contributed by atoms with Crippen molar-refractivity contribution in [1.29, 1.82) is 0 Å². The normalized spacial score (nSPS) is 10.7. The lowest BCUT2D eigenvalue weighted by Gasteiger charge is -2.12. The van der Waals surface area contributed by atoms with E-state index in [1.165, 1.54) is 117 Å². The van der Waals surface area contributed by atoms with E-state index in [0.29, 0.717) is 0 Å². The fourth-order valence-electron chi connectivity index (χ4n) is 9.04. The molecule has 0 atom stereocenters. The van der Waals surface area contributed by atoms with Gasteiger partial charge in [-0.15, -0.1) is 0 Å². The number of aromatic nitrogens is 3. The number of hydrogen-bond donors (Lipinski definition) is 0. The first-order valence-corrected chi connectivity index (χ1v) is 23.1. The molecule has 330 valence electrons. The van der Waals surface area contributed by atoms with Crippen LogP contribution in [-0.4, -0.2) is 0 Å². The van der Waals surface area contributed by atoms with Crippen molar-refractivity contribution in [3.63, 3.8) is 0 Å². The predicted octanol–water partition coefficient (Wildman–Crippen LogP) is 14.3. The Hall–Kier alpha value is -7.23. The summed E-state index contributed by atoms with van der Waals surface area (Å²) < 4.78 is 6.61. The molecule has 0 aliphatic carbocycles. The molecule has 3 heterocycles. The van der Waals surface area contributed by atoms with Crippen LogP contribution < -0.4 is 13.7 Å². The average molecular weight is 865 g/mol. The molecule has 0 amide bonds. The molecule has 3 nitrogen and oxygen atoms in total. The van der Waals surface area contributed by atoms with Gasteiger partial charge in [0.2, 0.25) is 17.1 Å². The Balaban J connectivity index is 0.000000147. The van der Waals surface area contributed by atoms with Crippen molar-refractivity contribution >= 4 is 0 Å². The van der Waals surface area contributed by atoms with E-state index in [-0.39, 0.29) is 0 Å². The maximum absolute atomic E-state index is 2.32. The van der Waals surface area contributed by atoms with Crippen LogP contribution in [0.2, 0.25) is 0 Å². The molecular formula is C63H66N3+3. The highest BCUT2D eigenvalue weighted by Gasteiger charge is 2.18. The lowest BCUT2D eigenvalue weighted by atomic mass is 9.93. The van der Waals surface area contributed by atoms with Gasteiger partial charge in [0, 0.05) is 52.1 Å². The van der Waals surface area contributed by atoms with E-state index < -0.39 is 0 Å². The number of benzene rings is 6. The van der Waals surface area contributed by atoms with Crippen molar-refractivity contribution in [2.45, 2.75) is 62.3 Å². The third-order valence-corrected chi connectivity index (χ3v) is 12.9. The molecule has 9 rings (SSSR count). The number of rotatable bonds is 6. The molecule has 0 N–H and O–H groups in total. The van der Waals surface area contributed by atoms with Crippen molar-refractivity contribution in [3.05, 3.63) is 232 Å². The van der Waals surface area contributed by atoms with Gasteiger partial charge in [0.15, 0.2) is 18.6 Å². The molecule has 0 fully saturated rings. The predicted molar refractivity (Wildman–Crippen MR) is 278 cm³/mol. The zero-order valence-corrected chi connectivity index (χ0v) is 41.2. The van der Waals surface area contributed by atoms with Crippen LogP contribution in [0.15, 0.2) is 182 Å². The molecule has 0 saturated carbocycles. The van der Waals surface area contributed by atoms with Gasteiger partial charge in [-0.2, -0.15) is 0 Å². The minimum absolute atomic E-state index is 1.25. The molecule has 6 aromatic carbocycles. The van der Waals surface area contributed by atoms with E-state index in [0.717, 1.165) is 0 Å². The molecule has 3 heteroatoms. The lowest BCUT2D eigenvalue weighted by molar-refractivity contribution is -0.660. The minimum atomic E-state index is 1.25. The summed E-state index contributed by atoms with van der Waals surface area (Å²) in [5.41, 5.74) is 27.3. The Morgan fingerprint density at radius 2 is 0.606 bits per heavy atom. The van der Waals surface area contributed by atoms with Gasteiger partial charge in [-0.05, 0) is 165 Å². The van der Waals surface area contributed by atoms with E-state index in [1.54, 1.807) is 0 Å². The third-order valence-electron chi connectivity index (χ3n) is 12.9. The highest BCUT2D eigenvalue weighted by Crippen LogP contribution is 2.33. The quantitative estimate of drug-likeness (QED) is 0.148. The number of pyridine rings is 3. The largest absolute Gasteiger partial charge is 0.212 e. The monoisotopic (exact) mass is 865 g/mol. The van der Waals surface area contributed by atoms with E-state index in [4.69, 9.17) is 0 Å². The van der Waals surface area contributed by atoms with Gasteiger partial charge in [0.05, 0.1) is 0 Å². The highest BCUT2D eigenvalue weighted by atomic mass is 14.9. The van der Waals surface area contributed by atoms with Crippen LogP contribution >= 0.6 is 0 Å². The summed E-state index contributed by atoms with van der Waals surface area (Å²) in [6, 6.07) is 58.6. The molecule has 0 radical (unpaired) electrons. The molecule has 9 aromatic rings. The summed E-state index contributed by atoms with van der Waals surface area (Å²) in [6.07, 6.45) is 6.48. The summed E-state index contributed by atoms with van der Waals surface area (Å²) in [6.45, 7) is 19.6. The maximum atomic E-state index is 2.32. The topological polar surface area (TPSA) is 11.6 Å². The summed E-state index contributed by atoms with van der Waals surface area (Å²) in [5, 5.41) is 0. The molecule has 0 saturated heterocycles. The fraction of sp³-hybridized carbons (Fsp3) is 0.190. The van der Waals surface area contributed by atoms with Crippen LogP contribution in [0, 0.1) is 62.3 Å². The molecule has 0 aliphatic rings. The molecule has 0 unspecified atom stereocenters. The molecular weight excluding hydrogens is 799 g/mol. The zero-order chi connectivity index (χ0) is 47.1. The van der Waals surface area contributed by atoms with Crippen LogP contribution in [0.3, 0.4) is 0 Å². The van der Waals surface area contributed by atoms with Gasteiger partial charge in [0.1, 0.15) is 21.1 Å². The second-order valence-corrected chi connectivity index (χ2v) is 18.1. The van der Waals surface area contributed by atoms with E-state index >= 15 is 0 Å². The van der Waals surface area contributed by atoms with Crippen molar-refractivity contribution in [1.82, 2.24) is 0 Å². The number of aryl methyl sites for hydroxylation is 12. The van der Waals surface area contributed by atoms with Crippen molar-refractivity contribution < 1.29 is 13.7 Å². The first-order chi connectivity index (χ1) is 31.7. The average Bonchev–Trinajstić information content (AvgIpc) is 3.31. The highest BCUT2D eigenvalue weighted by molar-refractivity contribution is 5.76. The molecule has 0 spiro atoms. The van der Waals surface area contributed by atoms with Gasteiger partial charge in [-0.1, -0.05) is 109 Å². The Bertz CT molecular complexity index is 3130. The van der Waals surface area contributed by atoms with Gasteiger partial charge in [-0.3, -0.25) is 0 Å². The SMILES string of the molecule is Cc1cc(-c2cc(C)c(-c3ccccc3)cc2C)[n+](C)cc1C.Cc1cc(-c2cccc[n+]2C)c(C)cc1-c1ccccc1.Cc1ccc(-c2cc(C)c(-c3ccccc3)cc2C)[n+](C)c1. The summed E-state index contributed by atoms with van der Waals surface area (Å²) in [7, 11) is 6.33. The van der Waals surface area contributed by atoms with Crippen LogP contribution in [0.1, 0.15) is 50.1 Å². The summed E-state index contributed by atoms with van der Waals surface area (Å²) in [4.78, 5) is 0. The molecule has 3 aromatic heterocycles. The van der Waals surface area contributed by atoms with Crippen molar-refractivity contribution in [2.24, 2.45) is 21.1 Å². The van der Waals surface area contributed by atoms with Crippen LogP contribution in [0.25, 0.3) is 67.2 Å². The van der Waals surface area contributed by atoms with E-state index in [1.807, 2.05) is 0 Å². The van der Waals surface area contributed by atoms with Crippen LogP contribution in [0.5, 0.6) is 0 Å². The van der Waals surface area contributed by atoms with Crippen molar-refractivity contribution in [3.8, 4) is 67.2 Å². The van der Waals surface area contributed by atoms with Gasteiger partial charge >= 0.3 is 0 Å². The zero-order valence-electron chi connectivity index (χ0n) is 41.2. The van der Waals surface area contributed by atoms with E-state index in [9.17, 15) is 0 Å². The fourth-order valence-corrected chi connectivity index (χ4v) is 9.04. The number of hydrogen-bond acceptors (Lipinski definition) is 0. The molecule has 66 heavy (non-hydrogen) atoms. The Morgan fingerprint density at radius 1 is 0.258 bits per heavy atom.